The third kappa shape index (κ3) is 5.34. The summed E-state index contributed by atoms with van der Waals surface area (Å²) in [5.41, 5.74) is 0.751. The lowest BCUT2D eigenvalue weighted by molar-refractivity contribution is 0.0683. The molecule has 0 radical (unpaired) electrons. The Labute approximate surface area is 188 Å². The topological polar surface area (TPSA) is 142 Å². The number of ether oxygens (including phenoxy) is 1. The fourth-order valence-corrected chi connectivity index (χ4v) is 3.09. The van der Waals surface area contributed by atoms with Crippen molar-refractivity contribution in [2.75, 3.05) is 17.7 Å². The average Bonchev–Trinajstić information content (AvgIpc) is 2.79. The number of Topliss-reactive ketones (excluding diaryl/α,β-unsaturated/α-hetero) is 1. The number of rotatable bonds is 8. The lowest BCUT2D eigenvalue weighted by Gasteiger charge is -2.12. The number of hydrogen-bond donors (Lipinski definition) is 4. The van der Waals surface area contributed by atoms with E-state index in [0.717, 1.165) is 5.69 Å². The zero-order valence-electron chi connectivity index (χ0n) is 17.7. The first-order valence-electron chi connectivity index (χ1n) is 9.72. The summed E-state index contributed by atoms with van der Waals surface area (Å²) in [4.78, 5) is 47.5. The predicted octanol–water partition coefficient (Wildman–Crippen LogP) is 4.37. The predicted molar refractivity (Wildman–Crippen MR) is 121 cm³/mol. The fourth-order valence-electron chi connectivity index (χ4n) is 3.09. The Morgan fingerprint density at radius 3 is 1.67 bits per heavy atom. The zero-order chi connectivity index (χ0) is 24.1. The van der Waals surface area contributed by atoms with Gasteiger partial charge in [-0.3, -0.25) is 9.59 Å². The van der Waals surface area contributed by atoms with Crippen molar-refractivity contribution in [3.05, 3.63) is 82.9 Å². The van der Waals surface area contributed by atoms with E-state index in [-0.39, 0.29) is 33.8 Å². The zero-order valence-corrected chi connectivity index (χ0v) is 17.7. The van der Waals surface area contributed by atoms with Gasteiger partial charge in [-0.25, -0.2) is 9.59 Å². The molecule has 0 aromatic heterocycles. The van der Waals surface area contributed by atoms with E-state index in [1.54, 1.807) is 31.3 Å². The molecule has 0 aliphatic heterocycles. The van der Waals surface area contributed by atoms with Gasteiger partial charge in [0.25, 0.3) is 5.91 Å². The van der Waals surface area contributed by atoms with Gasteiger partial charge in [0.15, 0.2) is 5.78 Å². The van der Waals surface area contributed by atoms with Gasteiger partial charge in [0.2, 0.25) is 0 Å². The Morgan fingerprint density at radius 2 is 1.18 bits per heavy atom. The van der Waals surface area contributed by atoms with Gasteiger partial charge in [-0.15, -0.1) is 0 Å². The average molecular weight is 448 g/mol. The Bertz CT molecular complexity index is 1250. The van der Waals surface area contributed by atoms with Crippen molar-refractivity contribution >= 4 is 35.0 Å². The maximum atomic E-state index is 12.7. The van der Waals surface area contributed by atoms with Gasteiger partial charge in [-0.2, -0.15) is 0 Å². The second-order valence-corrected chi connectivity index (χ2v) is 6.96. The van der Waals surface area contributed by atoms with E-state index in [4.69, 9.17) is 4.74 Å². The highest BCUT2D eigenvalue weighted by Gasteiger charge is 2.19. The van der Waals surface area contributed by atoms with Gasteiger partial charge in [0, 0.05) is 24.0 Å². The molecule has 0 atom stereocenters. The second-order valence-electron chi connectivity index (χ2n) is 6.96. The summed E-state index contributed by atoms with van der Waals surface area (Å²) < 4.78 is 5.60. The van der Waals surface area contributed by atoms with Gasteiger partial charge in [-0.1, -0.05) is 0 Å². The molecule has 33 heavy (non-hydrogen) atoms. The Kier molecular flexibility index (Phi) is 6.73. The molecule has 0 aliphatic carbocycles. The number of hydrogen-bond acceptors (Lipinski definition) is 6. The largest absolute Gasteiger partial charge is 0.478 e. The number of anilines is 2. The quantitative estimate of drug-likeness (QED) is 0.372. The van der Waals surface area contributed by atoms with Gasteiger partial charge in [-0.05, 0) is 67.6 Å². The van der Waals surface area contributed by atoms with E-state index in [1.165, 1.54) is 43.3 Å². The lowest BCUT2D eigenvalue weighted by atomic mass is 10.0. The first-order valence-corrected chi connectivity index (χ1v) is 9.72. The highest BCUT2D eigenvalue weighted by Crippen LogP contribution is 2.27. The second kappa shape index (κ2) is 9.65. The Morgan fingerprint density at radius 1 is 0.697 bits per heavy atom. The molecule has 1 amide bonds. The van der Waals surface area contributed by atoms with E-state index < -0.39 is 23.6 Å². The molecule has 3 aromatic carbocycles. The molecule has 0 unspecified atom stereocenters. The van der Waals surface area contributed by atoms with Crippen LogP contribution < -0.4 is 15.4 Å². The number of carboxylic acids is 2. The molecule has 168 valence electrons. The maximum Gasteiger partial charge on any atom is 0.336 e. The van der Waals surface area contributed by atoms with Crippen LogP contribution in [0, 0.1) is 0 Å². The minimum atomic E-state index is -1.34. The van der Waals surface area contributed by atoms with E-state index in [2.05, 4.69) is 10.6 Å². The number of ketones is 1. The SMILES string of the molecule is CNc1ccc(NC(=O)c2ccc(Oc3ccc(C(C)=O)c(C(=O)O)c3)cc2C(=O)O)cc1. The summed E-state index contributed by atoms with van der Waals surface area (Å²) in [6, 6.07) is 14.6. The van der Waals surface area contributed by atoms with Crippen LogP contribution in [0.2, 0.25) is 0 Å². The highest BCUT2D eigenvalue weighted by molar-refractivity contribution is 6.11. The van der Waals surface area contributed by atoms with Crippen molar-refractivity contribution in [1.29, 1.82) is 0 Å². The number of nitrogens with one attached hydrogen (secondary N) is 2. The number of aromatic carboxylic acids is 2. The number of amides is 1. The number of carboxylic acid groups (broad SMARTS) is 2. The number of benzene rings is 3. The maximum absolute atomic E-state index is 12.7. The molecule has 0 saturated heterocycles. The minimum absolute atomic E-state index is 0.0239. The summed E-state index contributed by atoms with van der Waals surface area (Å²) in [7, 11) is 1.76. The molecular weight excluding hydrogens is 428 g/mol. The summed E-state index contributed by atoms with van der Waals surface area (Å²) in [5.74, 6) is -3.50. The van der Waals surface area contributed by atoms with Gasteiger partial charge < -0.3 is 25.6 Å². The first-order chi connectivity index (χ1) is 15.7. The Hall–Kier alpha value is -4.66. The van der Waals surface area contributed by atoms with E-state index >= 15 is 0 Å². The van der Waals surface area contributed by atoms with E-state index in [9.17, 15) is 29.4 Å². The minimum Gasteiger partial charge on any atom is -0.478 e. The molecule has 3 aromatic rings. The van der Waals surface area contributed by atoms with Gasteiger partial charge in [0.1, 0.15) is 11.5 Å². The van der Waals surface area contributed by atoms with Crippen LogP contribution in [0.25, 0.3) is 0 Å². The van der Waals surface area contributed by atoms with Crippen LogP contribution >= 0.6 is 0 Å². The molecule has 0 fully saturated rings. The van der Waals surface area contributed by atoms with Crippen LogP contribution in [-0.4, -0.2) is 40.9 Å². The monoisotopic (exact) mass is 448 g/mol. The van der Waals surface area contributed by atoms with Crippen molar-refractivity contribution in [2.45, 2.75) is 6.92 Å². The van der Waals surface area contributed by atoms with Crippen LogP contribution in [0.5, 0.6) is 11.5 Å². The van der Waals surface area contributed by atoms with E-state index in [1.807, 2.05) is 0 Å². The standard InChI is InChI=1S/C24H20N2O7/c1-13(27)18-9-7-16(11-20(18)23(29)30)33-17-8-10-19(21(12-17)24(31)32)22(28)26-15-5-3-14(25-2)4-6-15/h3-12,25H,1-2H3,(H,26,28)(H,29,30)(H,31,32). The summed E-state index contributed by atoms with van der Waals surface area (Å²) >= 11 is 0. The summed E-state index contributed by atoms with van der Waals surface area (Å²) in [6.07, 6.45) is 0. The molecule has 0 bridgehead atoms. The smallest absolute Gasteiger partial charge is 0.336 e. The van der Waals surface area contributed by atoms with E-state index in [0.29, 0.717) is 5.69 Å². The van der Waals surface area contributed by atoms with Crippen molar-refractivity contribution in [3.8, 4) is 11.5 Å². The van der Waals surface area contributed by atoms with Crippen molar-refractivity contribution < 1.29 is 34.1 Å². The van der Waals surface area contributed by atoms with Crippen LogP contribution in [-0.2, 0) is 0 Å². The lowest BCUT2D eigenvalue weighted by Crippen LogP contribution is -2.16. The van der Waals surface area contributed by atoms with Crippen LogP contribution in [0.1, 0.15) is 48.4 Å². The molecule has 0 spiro atoms. The molecule has 0 saturated carbocycles. The third-order valence-electron chi connectivity index (χ3n) is 4.73. The molecular formula is C24H20N2O7. The summed E-state index contributed by atoms with van der Waals surface area (Å²) in [6.45, 7) is 1.25. The van der Waals surface area contributed by atoms with Crippen molar-refractivity contribution in [2.24, 2.45) is 0 Å². The molecule has 4 N–H and O–H groups in total. The highest BCUT2D eigenvalue weighted by atomic mass is 16.5. The molecule has 0 heterocycles. The molecule has 9 nitrogen and oxygen atoms in total. The number of carbonyl (C=O) groups excluding carboxylic acids is 2. The molecule has 3 rings (SSSR count). The Balaban J connectivity index is 1.87. The van der Waals surface area contributed by atoms with Crippen LogP contribution in [0.15, 0.2) is 60.7 Å². The van der Waals surface area contributed by atoms with Gasteiger partial charge >= 0.3 is 11.9 Å². The molecule has 0 aliphatic rings. The van der Waals surface area contributed by atoms with Gasteiger partial charge in [0.05, 0.1) is 16.7 Å². The fraction of sp³-hybridized carbons (Fsp3) is 0.0833. The first kappa shape index (κ1) is 23.0. The molecule has 9 heteroatoms. The normalized spacial score (nSPS) is 10.2. The van der Waals surface area contributed by atoms with Crippen molar-refractivity contribution in [3.63, 3.8) is 0 Å². The van der Waals surface area contributed by atoms with Crippen LogP contribution in [0.3, 0.4) is 0 Å². The third-order valence-corrected chi connectivity index (χ3v) is 4.73. The van der Waals surface area contributed by atoms with Crippen molar-refractivity contribution in [1.82, 2.24) is 0 Å². The summed E-state index contributed by atoms with van der Waals surface area (Å²) in [5, 5.41) is 24.5. The van der Waals surface area contributed by atoms with Crippen LogP contribution in [0.4, 0.5) is 11.4 Å². The number of carbonyl (C=O) groups is 4.